The van der Waals surface area contributed by atoms with E-state index < -0.39 is 0 Å². The van der Waals surface area contributed by atoms with E-state index in [0.717, 1.165) is 19.0 Å². The quantitative estimate of drug-likeness (QED) is 0.885. The molecule has 0 saturated carbocycles. The Bertz CT molecular complexity index is 369. The second-order valence-corrected chi connectivity index (χ2v) is 6.74. The van der Waals surface area contributed by atoms with E-state index in [1.54, 1.807) is 0 Å². The number of nitrogens with one attached hydrogen (secondary N) is 1. The van der Waals surface area contributed by atoms with E-state index in [1.165, 1.54) is 36.0 Å². The lowest BCUT2D eigenvalue weighted by Gasteiger charge is -2.35. The van der Waals surface area contributed by atoms with Gasteiger partial charge < -0.3 is 5.32 Å². The van der Waals surface area contributed by atoms with E-state index >= 15 is 0 Å². The van der Waals surface area contributed by atoms with Gasteiger partial charge in [-0.1, -0.05) is 41.9 Å². The molecule has 1 aromatic carbocycles. The van der Waals surface area contributed by atoms with Gasteiger partial charge in [-0.2, -0.15) is 0 Å². The third-order valence-electron chi connectivity index (χ3n) is 3.86. The summed E-state index contributed by atoms with van der Waals surface area (Å²) in [5.74, 6) is 0.779. The second-order valence-electron chi connectivity index (χ2n) is 5.82. The molecule has 1 aliphatic rings. The highest BCUT2D eigenvalue weighted by atomic mass is 79.9. The number of rotatable bonds is 5. The van der Waals surface area contributed by atoms with Crippen LogP contribution in [0.25, 0.3) is 0 Å². The van der Waals surface area contributed by atoms with Crippen LogP contribution < -0.4 is 5.32 Å². The van der Waals surface area contributed by atoms with Gasteiger partial charge in [0, 0.05) is 36.7 Å². The molecule has 19 heavy (non-hydrogen) atoms. The van der Waals surface area contributed by atoms with E-state index in [9.17, 15) is 0 Å². The highest BCUT2D eigenvalue weighted by Gasteiger charge is 2.22. The van der Waals surface area contributed by atoms with E-state index in [2.05, 4.69) is 64.3 Å². The summed E-state index contributed by atoms with van der Waals surface area (Å²) in [4.78, 5) is 2.64. The van der Waals surface area contributed by atoms with Crippen LogP contribution in [0, 0.1) is 5.92 Å². The fourth-order valence-electron chi connectivity index (χ4n) is 2.73. The van der Waals surface area contributed by atoms with Crippen molar-refractivity contribution in [2.75, 3.05) is 26.2 Å². The first kappa shape index (κ1) is 15.0. The van der Waals surface area contributed by atoms with Crippen molar-refractivity contribution in [1.82, 2.24) is 10.2 Å². The highest BCUT2D eigenvalue weighted by molar-refractivity contribution is 9.10. The standard InChI is InChI=1S/C16H25BrN2/c1-13(2)3-8-16(19-11-9-18-10-12-19)14-4-6-15(17)7-5-14/h4-7,13,16,18H,3,8-12H2,1-2H3/t16-/m0/s1. The predicted octanol–water partition coefficient (Wildman–Crippen LogP) is 3.83. The maximum Gasteiger partial charge on any atom is 0.0349 e. The number of halogens is 1. The van der Waals surface area contributed by atoms with Gasteiger partial charge in [0.25, 0.3) is 0 Å². The van der Waals surface area contributed by atoms with Crippen molar-refractivity contribution in [3.8, 4) is 0 Å². The van der Waals surface area contributed by atoms with Crippen molar-refractivity contribution >= 4 is 15.9 Å². The number of hydrogen-bond acceptors (Lipinski definition) is 2. The molecule has 1 N–H and O–H groups in total. The molecule has 0 radical (unpaired) electrons. The van der Waals surface area contributed by atoms with E-state index in [4.69, 9.17) is 0 Å². The van der Waals surface area contributed by atoms with Crippen molar-refractivity contribution in [3.05, 3.63) is 34.3 Å². The van der Waals surface area contributed by atoms with Crippen LogP contribution in [0.2, 0.25) is 0 Å². The molecule has 0 bridgehead atoms. The van der Waals surface area contributed by atoms with Crippen molar-refractivity contribution < 1.29 is 0 Å². The Morgan fingerprint density at radius 3 is 2.32 bits per heavy atom. The summed E-state index contributed by atoms with van der Waals surface area (Å²) in [5, 5.41) is 3.45. The number of piperazine rings is 1. The Kier molecular flexibility index (Phi) is 5.86. The van der Waals surface area contributed by atoms with Gasteiger partial charge in [-0.3, -0.25) is 4.90 Å². The smallest absolute Gasteiger partial charge is 0.0349 e. The molecular weight excluding hydrogens is 300 g/mol. The molecule has 1 atom stereocenters. The van der Waals surface area contributed by atoms with Gasteiger partial charge in [-0.15, -0.1) is 0 Å². The Morgan fingerprint density at radius 2 is 1.74 bits per heavy atom. The lowest BCUT2D eigenvalue weighted by atomic mass is 9.96. The lowest BCUT2D eigenvalue weighted by molar-refractivity contribution is 0.160. The maximum absolute atomic E-state index is 3.53. The molecule has 1 aliphatic heterocycles. The molecule has 2 rings (SSSR count). The fourth-order valence-corrected chi connectivity index (χ4v) is 2.99. The first-order valence-corrected chi connectivity index (χ1v) is 8.16. The van der Waals surface area contributed by atoms with Crippen molar-refractivity contribution in [3.63, 3.8) is 0 Å². The summed E-state index contributed by atoms with van der Waals surface area (Å²) < 4.78 is 1.17. The zero-order valence-electron chi connectivity index (χ0n) is 12.0. The average Bonchev–Trinajstić information content (AvgIpc) is 2.42. The zero-order chi connectivity index (χ0) is 13.7. The Morgan fingerprint density at radius 1 is 1.11 bits per heavy atom. The van der Waals surface area contributed by atoms with Crippen molar-refractivity contribution in [2.24, 2.45) is 5.92 Å². The molecule has 3 heteroatoms. The summed E-state index contributed by atoms with van der Waals surface area (Å²) in [7, 11) is 0. The predicted molar refractivity (Wildman–Crippen MR) is 85.4 cm³/mol. The largest absolute Gasteiger partial charge is 0.314 e. The topological polar surface area (TPSA) is 15.3 Å². The summed E-state index contributed by atoms with van der Waals surface area (Å²) in [5.41, 5.74) is 1.46. The molecule has 0 aliphatic carbocycles. The van der Waals surface area contributed by atoms with Gasteiger partial charge in [0.2, 0.25) is 0 Å². The molecule has 2 nitrogen and oxygen atoms in total. The first-order valence-electron chi connectivity index (χ1n) is 7.37. The van der Waals surface area contributed by atoms with Gasteiger partial charge in [0.05, 0.1) is 0 Å². The molecule has 0 aromatic heterocycles. The summed E-state index contributed by atoms with van der Waals surface area (Å²) >= 11 is 3.53. The van der Waals surface area contributed by atoms with Gasteiger partial charge in [0.15, 0.2) is 0 Å². The molecule has 106 valence electrons. The van der Waals surface area contributed by atoms with Crippen LogP contribution in [0.3, 0.4) is 0 Å². The van der Waals surface area contributed by atoms with Gasteiger partial charge in [0.1, 0.15) is 0 Å². The third-order valence-corrected chi connectivity index (χ3v) is 4.39. The van der Waals surface area contributed by atoms with Crippen molar-refractivity contribution in [2.45, 2.75) is 32.7 Å². The average molecular weight is 325 g/mol. The van der Waals surface area contributed by atoms with Crippen LogP contribution in [0.1, 0.15) is 38.3 Å². The van der Waals surface area contributed by atoms with E-state index in [-0.39, 0.29) is 0 Å². The minimum atomic E-state index is 0.581. The molecule has 1 heterocycles. The van der Waals surface area contributed by atoms with Gasteiger partial charge in [-0.05, 0) is 36.5 Å². The number of benzene rings is 1. The van der Waals surface area contributed by atoms with Crippen molar-refractivity contribution in [1.29, 1.82) is 0 Å². The Balaban J connectivity index is 2.10. The Hall–Kier alpha value is -0.380. The third kappa shape index (κ3) is 4.59. The molecule has 0 spiro atoms. The fraction of sp³-hybridized carbons (Fsp3) is 0.625. The SMILES string of the molecule is CC(C)CC[C@@H](c1ccc(Br)cc1)N1CCNCC1. The van der Waals surface area contributed by atoms with Gasteiger partial charge >= 0.3 is 0 Å². The molecular formula is C16H25BrN2. The minimum Gasteiger partial charge on any atom is -0.314 e. The first-order chi connectivity index (χ1) is 9.16. The van der Waals surface area contributed by atoms with Crippen LogP contribution >= 0.6 is 15.9 Å². The second kappa shape index (κ2) is 7.41. The Labute approximate surface area is 125 Å². The molecule has 0 amide bonds. The number of hydrogen-bond donors (Lipinski definition) is 1. The van der Waals surface area contributed by atoms with Crippen LogP contribution in [-0.2, 0) is 0 Å². The van der Waals surface area contributed by atoms with Crippen LogP contribution in [0.4, 0.5) is 0 Å². The highest BCUT2D eigenvalue weighted by Crippen LogP contribution is 2.28. The monoisotopic (exact) mass is 324 g/mol. The molecule has 1 fully saturated rings. The van der Waals surface area contributed by atoms with Gasteiger partial charge in [-0.25, -0.2) is 0 Å². The minimum absolute atomic E-state index is 0.581. The zero-order valence-corrected chi connectivity index (χ0v) is 13.6. The summed E-state index contributed by atoms with van der Waals surface area (Å²) in [6.07, 6.45) is 2.56. The van der Waals surface area contributed by atoms with Crippen LogP contribution in [0.5, 0.6) is 0 Å². The maximum atomic E-state index is 3.53. The van der Waals surface area contributed by atoms with E-state index in [1.807, 2.05) is 0 Å². The van der Waals surface area contributed by atoms with Crippen LogP contribution in [0.15, 0.2) is 28.7 Å². The summed E-state index contributed by atoms with van der Waals surface area (Å²) in [6, 6.07) is 9.46. The lowest BCUT2D eigenvalue weighted by Crippen LogP contribution is -2.45. The van der Waals surface area contributed by atoms with E-state index in [0.29, 0.717) is 6.04 Å². The normalized spacial score (nSPS) is 18.7. The van der Waals surface area contributed by atoms with Crippen LogP contribution in [-0.4, -0.2) is 31.1 Å². The number of nitrogens with zero attached hydrogens (tertiary/aromatic N) is 1. The summed E-state index contributed by atoms with van der Waals surface area (Å²) in [6.45, 7) is 9.20. The molecule has 1 aromatic rings. The molecule has 0 unspecified atom stereocenters. The molecule has 1 saturated heterocycles.